The molecule has 4 nitrogen and oxygen atoms in total. The number of carbonyl (C=O) groups is 1. The zero-order valence-corrected chi connectivity index (χ0v) is 25.4. The van der Waals surface area contributed by atoms with Crippen LogP contribution in [0.2, 0.25) is 5.02 Å². The lowest BCUT2D eigenvalue weighted by atomic mass is 10.1. The second-order valence-corrected chi connectivity index (χ2v) is 11.1. The Morgan fingerprint density at radius 2 is 1.45 bits per heavy atom. The van der Waals surface area contributed by atoms with Gasteiger partial charge in [0, 0.05) is 30.7 Å². The summed E-state index contributed by atoms with van der Waals surface area (Å²) in [7, 11) is 0. The fourth-order valence-corrected chi connectivity index (χ4v) is 5.28. The highest BCUT2D eigenvalue weighted by Crippen LogP contribution is 2.27. The lowest BCUT2D eigenvalue weighted by Gasteiger charge is -2.22. The SMILES string of the molecule is CCCCCCCCCCCCOc1ccc(CN(Cc2cccc[n+]2CCC)C(=O)c2ccccc2)cc1Cl. The first-order valence-electron chi connectivity index (χ1n) is 15.3. The second-order valence-electron chi connectivity index (χ2n) is 10.7. The van der Waals surface area contributed by atoms with Crippen molar-refractivity contribution in [1.82, 2.24) is 4.90 Å². The number of benzene rings is 2. The summed E-state index contributed by atoms with van der Waals surface area (Å²) in [6.07, 6.45) is 16.1. The molecule has 0 N–H and O–H groups in total. The standard InChI is InChI=1S/C35H48ClN2O2/c1-3-5-6-7-8-9-10-11-12-18-26-40-34-23-22-30(27-33(34)36)28-38(35(39)31-19-14-13-15-20-31)29-32-21-16-17-25-37(32)24-4-2/h13-17,19-23,25,27H,3-12,18,24,26,28-29H2,1-2H3/q+1. The molecule has 0 spiro atoms. The Bertz CT molecular complexity index is 1140. The van der Waals surface area contributed by atoms with Crippen molar-refractivity contribution >= 4 is 17.5 Å². The first-order valence-corrected chi connectivity index (χ1v) is 15.7. The minimum Gasteiger partial charge on any atom is -0.492 e. The summed E-state index contributed by atoms with van der Waals surface area (Å²) in [5.41, 5.74) is 2.78. The smallest absolute Gasteiger partial charge is 0.254 e. The molecule has 1 amide bonds. The molecule has 40 heavy (non-hydrogen) atoms. The number of halogens is 1. The van der Waals surface area contributed by atoms with E-state index >= 15 is 0 Å². The summed E-state index contributed by atoms with van der Waals surface area (Å²) in [6, 6.07) is 21.6. The minimum absolute atomic E-state index is 0.00455. The Labute approximate surface area is 247 Å². The van der Waals surface area contributed by atoms with Crippen LogP contribution in [0.3, 0.4) is 0 Å². The van der Waals surface area contributed by atoms with Crippen molar-refractivity contribution in [2.45, 2.75) is 104 Å². The van der Waals surface area contributed by atoms with E-state index in [4.69, 9.17) is 16.3 Å². The van der Waals surface area contributed by atoms with E-state index in [0.29, 0.717) is 36.0 Å². The van der Waals surface area contributed by atoms with E-state index in [0.717, 1.165) is 30.6 Å². The molecule has 0 atom stereocenters. The highest BCUT2D eigenvalue weighted by atomic mass is 35.5. The highest BCUT2D eigenvalue weighted by Gasteiger charge is 2.21. The van der Waals surface area contributed by atoms with Crippen molar-refractivity contribution in [2.24, 2.45) is 0 Å². The fourth-order valence-electron chi connectivity index (χ4n) is 5.02. The Morgan fingerprint density at radius 3 is 2.12 bits per heavy atom. The molecule has 1 heterocycles. The summed E-state index contributed by atoms with van der Waals surface area (Å²) in [4.78, 5) is 15.5. The van der Waals surface area contributed by atoms with Gasteiger partial charge >= 0.3 is 0 Å². The van der Waals surface area contributed by atoms with Crippen LogP contribution in [0, 0.1) is 0 Å². The van der Waals surface area contributed by atoms with Crippen molar-refractivity contribution < 1.29 is 14.1 Å². The van der Waals surface area contributed by atoms with E-state index in [1.807, 2.05) is 65.6 Å². The maximum Gasteiger partial charge on any atom is 0.254 e. The van der Waals surface area contributed by atoms with Crippen molar-refractivity contribution in [2.75, 3.05) is 6.61 Å². The molecule has 0 bridgehead atoms. The van der Waals surface area contributed by atoms with E-state index in [2.05, 4.69) is 30.7 Å². The quantitative estimate of drug-likeness (QED) is 0.108. The van der Waals surface area contributed by atoms with Crippen LogP contribution in [0.25, 0.3) is 0 Å². The van der Waals surface area contributed by atoms with Gasteiger partial charge in [-0.3, -0.25) is 4.79 Å². The number of unbranched alkanes of at least 4 members (excludes halogenated alkanes) is 9. The van der Waals surface area contributed by atoms with E-state index in [1.165, 1.54) is 57.8 Å². The number of aryl methyl sites for hydroxylation is 1. The molecular weight excluding hydrogens is 516 g/mol. The number of pyridine rings is 1. The molecule has 0 aliphatic heterocycles. The van der Waals surface area contributed by atoms with Gasteiger partial charge in [-0.2, -0.15) is 0 Å². The molecule has 0 radical (unpaired) electrons. The molecule has 0 fully saturated rings. The van der Waals surface area contributed by atoms with Crippen molar-refractivity contribution in [3.05, 3.63) is 94.8 Å². The normalized spacial score (nSPS) is 11.0. The summed E-state index contributed by atoms with van der Waals surface area (Å²) in [5, 5.41) is 0.595. The van der Waals surface area contributed by atoms with Crippen LogP contribution in [0.15, 0.2) is 72.9 Å². The number of carbonyl (C=O) groups excluding carboxylic acids is 1. The summed E-state index contributed by atoms with van der Waals surface area (Å²) < 4.78 is 8.23. The molecule has 3 aromatic rings. The third kappa shape index (κ3) is 11.0. The minimum atomic E-state index is 0.00455. The van der Waals surface area contributed by atoms with Crippen LogP contribution >= 0.6 is 11.6 Å². The predicted octanol–water partition coefficient (Wildman–Crippen LogP) is 9.18. The Kier molecular flexibility index (Phi) is 14.6. The molecule has 1 aromatic heterocycles. The van der Waals surface area contributed by atoms with E-state index in [1.54, 1.807) is 0 Å². The lowest BCUT2D eigenvalue weighted by Crippen LogP contribution is -2.42. The molecule has 0 aliphatic rings. The number of hydrogen-bond acceptors (Lipinski definition) is 2. The van der Waals surface area contributed by atoms with Gasteiger partial charge in [0.05, 0.1) is 11.6 Å². The maximum atomic E-state index is 13.6. The molecule has 2 aromatic carbocycles. The lowest BCUT2D eigenvalue weighted by molar-refractivity contribution is -0.705. The van der Waals surface area contributed by atoms with Crippen molar-refractivity contribution in [3.63, 3.8) is 0 Å². The molecule has 3 rings (SSSR count). The van der Waals surface area contributed by atoms with Crippen LogP contribution < -0.4 is 9.30 Å². The number of ether oxygens (including phenoxy) is 1. The fraction of sp³-hybridized carbons (Fsp3) is 0.486. The first-order chi connectivity index (χ1) is 19.6. The van der Waals surface area contributed by atoms with Gasteiger partial charge in [0.15, 0.2) is 6.20 Å². The largest absolute Gasteiger partial charge is 0.492 e. The van der Waals surface area contributed by atoms with Gasteiger partial charge < -0.3 is 9.64 Å². The third-order valence-electron chi connectivity index (χ3n) is 7.29. The number of hydrogen-bond donors (Lipinski definition) is 0. The van der Waals surface area contributed by atoms with E-state index in [-0.39, 0.29) is 5.91 Å². The molecule has 0 unspecified atom stereocenters. The molecule has 5 heteroatoms. The van der Waals surface area contributed by atoms with Gasteiger partial charge in [-0.05, 0) is 36.2 Å². The van der Waals surface area contributed by atoms with Crippen molar-refractivity contribution in [3.8, 4) is 5.75 Å². The van der Waals surface area contributed by atoms with Gasteiger partial charge in [-0.15, -0.1) is 0 Å². The first kappa shape index (κ1) is 31.7. The zero-order valence-electron chi connectivity index (χ0n) is 24.6. The number of rotatable bonds is 19. The van der Waals surface area contributed by atoms with Crippen molar-refractivity contribution in [1.29, 1.82) is 0 Å². The number of aromatic nitrogens is 1. The maximum absolute atomic E-state index is 13.6. The topological polar surface area (TPSA) is 33.4 Å². The molecule has 0 saturated heterocycles. The van der Waals surface area contributed by atoms with Gasteiger partial charge in [0.1, 0.15) is 18.8 Å². The second kappa shape index (κ2) is 18.5. The van der Waals surface area contributed by atoms with E-state index in [9.17, 15) is 4.79 Å². The van der Waals surface area contributed by atoms with Crippen LogP contribution in [-0.2, 0) is 19.6 Å². The summed E-state index contributed by atoms with van der Waals surface area (Å²) >= 11 is 6.64. The molecule has 216 valence electrons. The monoisotopic (exact) mass is 563 g/mol. The molecule has 0 saturated carbocycles. The van der Waals surface area contributed by atoms with Crippen LogP contribution in [-0.4, -0.2) is 17.4 Å². The Hall–Kier alpha value is -2.85. The van der Waals surface area contributed by atoms with Crippen LogP contribution in [0.5, 0.6) is 5.75 Å². The zero-order chi connectivity index (χ0) is 28.4. The average Bonchev–Trinajstić information content (AvgIpc) is 2.97. The summed E-state index contributed by atoms with van der Waals surface area (Å²) in [5.74, 6) is 0.719. The Morgan fingerprint density at radius 1 is 0.775 bits per heavy atom. The van der Waals surface area contributed by atoms with Gasteiger partial charge in [-0.1, -0.05) is 114 Å². The predicted molar refractivity (Wildman–Crippen MR) is 166 cm³/mol. The molecule has 0 aliphatic carbocycles. The molecular formula is C35H48ClN2O2+. The van der Waals surface area contributed by atoms with Crippen LogP contribution in [0.1, 0.15) is 106 Å². The highest BCUT2D eigenvalue weighted by molar-refractivity contribution is 6.32. The number of amides is 1. The third-order valence-corrected chi connectivity index (χ3v) is 7.58. The Balaban J connectivity index is 1.55. The van der Waals surface area contributed by atoms with Gasteiger partial charge in [0.2, 0.25) is 5.69 Å². The average molecular weight is 564 g/mol. The van der Waals surface area contributed by atoms with E-state index < -0.39 is 0 Å². The van der Waals surface area contributed by atoms with Gasteiger partial charge in [0.25, 0.3) is 5.91 Å². The summed E-state index contributed by atoms with van der Waals surface area (Å²) in [6.45, 7) is 7.01. The number of nitrogens with zero attached hydrogens (tertiary/aromatic N) is 2. The van der Waals surface area contributed by atoms with Crippen LogP contribution in [0.4, 0.5) is 0 Å². The van der Waals surface area contributed by atoms with Gasteiger partial charge in [-0.25, -0.2) is 4.57 Å².